The smallest absolute Gasteiger partial charge is 0.293 e. The third-order valence-corrected chi connectivity index (χ3v) is 5.73. The summed E-state index contributed by atoms with van der Waals surface area (Å²) in [4.78, 5) is 26.9. The van der Waals surface area contributed by atoms with E-state index in [0.29, 0.717) is 9.93 Å². The van der Waals surface area contributed by atoms with E-state index in [9.17, 15) is 9.59 Å². The van der Waals surface area contributed by atoms with Gasteiger partial charge >= 0.3 is 0 Å². The van der Waals surface area contributed by atoms with Crippen molar-refractivity contribution in [3.05, 3.63) is 75.8 Å². The number of rotatable bonds is 4. The van der Waals surface area contributed by atoms with Crippen LogP contribution in [0.15, 0.2) is 59.6 Å². The summed E-state index contributed by atoms with van der Waals surface area (Å²) in [5.74, 6) is -0.256. The lowest BCUT2D eigenvalue weighted by molar-refractivity contribution is -0.123. The molecule has 2 heterocycles. The van der Waals surface area contributed by atoms with Gasteiger partial charge in [-0.05, 0) is 48.5 Å². The molecule has 27 heavy (non-hydrogen) atoms. The molecule has 0 saturated carbocycles. The summed E-state index contributed by atoms with van der Waals surface area (Å²) in [5.41, 5.74) is 2.93. The standard InChI is InChI=1S/C21H17ClN2O2S/c1-2-23-13-15(17-5-3-4-6-18(17)23)11-19-20(25)24(21(26)27-19)12-14-7-9-16(22)10-8-14/h3-11,13H,2,12H2,1H3/b19-11-. The molecule has 4 rings (SSSR count). The summed E-state index contributed by atoms with van der Waals surface area (Å²) >= 11 is 6.89. The number of carbonyl (C=O) groups excluding carboxylic acids is 2. The minimum atomic E-state index is -0.256. The van der Waals surface area contributed by atoms with E-state index in [4.69, 9.17) is 11.6 Å². The molecular formula is C21H17ClN2O2S. The van der Waals surface area contributed by atoms with Crippen LogP contribution in [0, 0.1) is 0 Å². The lowest BCUT2D eigenvalue weighted by atomic mass is 10.1. The monoisotopic (exact) mass is 396 g/mol. The number of nitrogens with zero attached hydrogens (tertiary/aromatic N) is 2. The van der Waals surface area contributed by atoms with Crippen LogP contribution in [0.25, 0.3) is 17.0 Å². The minimum Gasteiger partial charge on any atom is -0.347 e. The third kappa shape index (κ3) is 3.40. The number of carbonyl (C=O) groups is 2. The van der Waals surface area contributed by atoms with Crippen molar-refractivity contribution in [3.8, 4) is 0 Å². The second kappa shape index (κ2) is 7.25. The fourth-order valence-corrected chi connectivity index (χ4v) is 4.16. The lowest BCUT2D eigenvalue weighted by Gasteiger charge is -2.12. The Hall–Kier alpha value is -2.50. The Kier molecular flexibility index (Phi) is 4.81. The Bertz CT molecular complexity index is 1070. The molecule has 0 bridgehead atoms. The number of hydrogen-bond acceptors (Lipinski definition) is 3. The number of thioether (sulfide) groups is 1. The average molecular weight is 397 g/mol. The quantitative estimate of drug-likeness (QED) is 0.543. The predicted octanol–water partition coefficient (Wildman–Crippen LogP) is 5.55. The first kappa shape index (κ1) is 17.9. The molecule has 1 aliphatic rings. The molecule has 4 nitrogen and oxygen atoms in total. The molecule has 6 heteroatoms. The van der Waals surface area contributed by atoms with Crippen molar-refractivity contribution < 1.29 is 9.59 Å². The van der Waals surface area contributed by atoms with Crippen LogP contribution in [-0.2, 0) is 17.9 Å². The fraction of sp³-hybridized carbons (Fsp3) is 0.143. The van der Waals surface area contributed by atoms with Gasteiger partial charge in [0.05, 0.1) is 11.4 Å². The number of para-hydroxylation sites is 1. The van der Waals surface area contributed by atoms with Gasteiger partial charge in [0.15, 0.2) is 0 Å². The Balaban J connectivity index is 1.64. The maximum Gasteiger partial charge on any atom is 0.293 e. The van der Waals surface area contributed by atoms with Gasteiger partial charge in [0.1, 0.15) is 0 Å². The van der Waals surface area contributed by atoms with E-state index in [1.54, 1.807) is 12.1 Å². The summed E-state index contributed by atoms with van der Waals surface area (Å²) < 4.78 is 2.14. The van der Waals surface area contributed by atoms with Crippen molar-refractivity contribution in [2.75, 3.05) is 0 Å². The van der Waals surface area contributed by atoms with Gasteiger partial charge in [-0.15, -0.1) is 0 Å². The molecule has 1 saturated heterocycles. The van der Waals surface area contributed by atoms with Gasteiger partial charge in [-0.3, -0.25) is 14.5 Å². The molecule has 0 atom stereocenters. The molecule has 0 unspecified atom stereocenters. The van der Waals surface area contributed by atoms with Crippen molar-refractivity contribution in [1.82, 2.24) is 9.47 Å². The molecule has 2 aromatic carbocycles. The normalized spacial score (nSPS) is 16.1. The zero-order valence-corrected chi connectivity index (χ0v) is 16.3. The Morgan fingerprint density at radius 1 is 1.07 bits per heavy atom. The summed E-state index contributed by atoms with van der Waals surface area (Å²) in [6.07, 6.45) is 3.85. The topological polar surface area (TPSA) is 42.3 Å². The number of fused-ring (bicyclic) bond motifs is 1. The average Bonchev–Trinajstić information content (AvgIpc) is 3.16. The van der Waals surface area contributed by atoms with Gasteiger partial charge in [0.2, 0.25) is 0 Å². The van der Waals surface area contributed by atoms with Crippen molar-refractivity contribution in [2.24, 2.45) is 0 Å². The predicted molar refractivity (Wildman–Crippen MR) is 111 cm³/mol. The van der Waals surface area contributed by atoms with E-state index in [2.05, 4.69) is 17.6 Å². The van der Waals surface area contributed by atoms with Crippen molar-refractivity contribution >= 4 is 51.5 Å². The van der Waals surface area contributed by atoms with Crippen molar-refractivity contribution in [2.45, 2.75) is 20.0 Å². The molecule has 0 N–H and O–H groups in total. The number of halogens is 1. The highest BCUT2D eigenvalue weighted by atomic mass is 35.5. The zero-order chi connectivity index (χ0) is 19.0. The summed E-state index contributed by atoms with van der Waals surface area (Å²) in [6.45, 7) is 3.17. The Morgan fingerprint density at radius 3 is 2.56 bits per heavy atom. The molecule has 0 spiro atoms. The number of hydrogen-bond donors (Lipinski definition) is 0. The molecule has 0 radical (unpaired) electrons. The third-order valence-electron chi connectivity index (χ3n) is 4.57. The van der Waals surface area contributed by atoms with E-state index in [1.807, 2.05) is 42.6 Å². The highest BCUT2D eigenvalue weighted by molar-refractivity contribution is 8.18. The highest BCUT2D eigenvalue weighted by Crippen LogP contribution is 2.35. The maximum absolute atomic E-state index is 12.8. The first-order chi connectivity index (χ1) is 13.1. The number of benzene rings is 2. The second-order valence-electron chi connectivity index (χ2n) is 6.28. The Morgan fingerprint density at radius 2 is 1.81 bits per heavy atom. The molecule has 2 amide bonds. The van der Waals surface area contributed by atoms with E-state index in [-0.39, 0.29) is 17.7 Å². The molecule has 3 aromatic rings. The largest absolute Gasteiger partial charge is 0.347 e. The molecule has 136 valence electrons. The van der Waals surface area contributed by atoms with Crippen molar-refractivity contribution in [3.63, 3.8) is 0 Å². The molecular weight excluding hydrogens is 380 g/mol. The van der Waals surface area contributed by atoms with Crippen LogP contribution in [0.1, 0.15) is 18.1 Å². The van der Waals surface area contributed by atoms with Crippen LogP contribution in [0.3, 0.4) is 0 Å². The number of aromatic nitrogens is 1. The van der Waals surface area contributed by atoms with Gasteiger partial charge in [-0.25, -0.2) is 0 Å². The van der Waals surface area contributed by atoms with Crippen LogP contribution >= 0.6 is 23.4 Å². The molecule has 0 aliphatic carbocycles. The van der Waals surface area contributed by atoms with Gasteiger partial charge in [0.25, 0.3) is 11.1 Å². The van der Waals surface area contributed by atoms with Gasteiger partial charge in [-0.1, -0.05) is 41.9 Å². The first-order valence-electron chi connectivity index (χ1n) is 8.64. The zero-order valence-electron chi connectivity index (χ0n) is 14.7. The Labute approximate surface area is 166 Å². The molecule has 1 aromatic heterocycles. The van der Waals surface area contributed by atoms with Crippen LogP contribution in [-0.4, -0.2) is 20.6 Å². The summed E-state index contributed by atoms with van der Waals surface area (Å²) in [6, 6.07) is 15.2. The minimum absolute atomic E-state index is 0.246. The molecule has 1 fully saturated rings. The van der Waals surface area contributed by atoms with Gasteiger partial charge in [-0.2, -0.15) is 0 Å². The fourth-order valence-electron chi connectivity index (χ4n) is 3.20. The van der Waals surface area contributed by atoms with E-state index in [0.717, 1.165) is 40.3 Å². The van der Waals surface area contributed by atoms with E-state index < -0.39 is 0 Å². The van der Waals surface area contributed by atoms with E-state index in [1.165, 1.54) is 4.90 Å². The number of imide groups is 1. The SMILES string of the molecule is CCn1cc(/C=C2\SC(=O)N(Cc3ccc(Cl)cc3)C2=O)c2ccccc21. The second-order valence-corrected chi connectivity index (χ2v) is 7.71. The highest BCUT2D eigenvalue weighted by Gasteiger charge is 2.35. The van der Waals surface area contributed by atoms with Crippen LogP contribution < -0.4 is 0 Å². The van der Waals surface area contributed by atoms with Crippen LogP contribution in [0.2, 0.25) is 5.02 Å². The first-order valence-corrected chi connectivity index (χ1v) is 9.84. The summed E-state index contributed by atoms with van der Waals surface area (Å²) in [5, 5.41) is 1.45. The van der Waals surface area contributed by atoms with Gasteiger partial charge in [0, 0.05) is 34.2 Å². The molecule has 1 aliphatic heterocycles. The lowest BCUT2D eigenvalue weighted by Crippen LogP contribution is -2.27. The van der Waals surface area contributed by atoms with E-state index >= 15 is 0 Å². The van der Waals surface area contributed by atoms with Crippen LogP contribution in [0.5, 0.6) is 0 Å². The maximum atomic E-state index is 12.8. The number of amides is 2. The van der Waals surface area contributed by atoms with Crippen LogP contribution in [0.4, 0.5) is 4.79 Å². The van der Waals surface area contributed by atoms with Gasteiger partial charge < -0.3 is 4.57 Å². The number of aryl methyl sites for hydroxylation is 1. The van der Waals surface area contributed by atoms with Crippen molar-refractivity contribution in [1.29, 1.82) is 0 Å². The summed E-state index contributed by atoms with van der Waals surface area (Å²) in [7, 11) is 0.